The van der Waals surface area contributed by atoms with E-state index in [1.807, 2.05) is 6.07 Å². The lowest BCUT2D eigenvalue weighted by Crippen LogP contribution is -2.49. The first kappa shape index (κ1) is 17.8. The van der Waals surface area contributed by atoms with Gasteiger partial charge in [0.1, 0.15) is 12.4 Å². The molecule has 0 spiro atoms. The van der Waals surface area contributed by atoms with E-state index in [-0.39, 0.29) is 18.0 Å². The third kappa shape index (κ3) is 3.91. The van der Waals surface area contributed by atoms with E-state index in [2.05, 4.69) is 21.3 Å². The molecule has 0 bridgehead atoms. The summed E-state index contributed by atoms with van der Waals surface area (Å²) in [5, 5.41) is 2.38. The van der Waals surface area contributed by atoms with Gasteiger partial charge in [0.25, 0.3) is 5.56 Å². The molecule has 3 heterocycles. The highest BCUT2D eigenvalue weighted by Gasteiger charge is 2.22. The van der Waals surface area contributed by atoms with Crippen molar-refractivity contribution < 1.29 is 9.18 Å². The molecule has 0 aliphatic carbocycles. The summed E-state index contributed by atoms with van der Waals surface area (Å²) in [5.41, 5.74) is -0.0319. The Morgan fingerprint density at radius 1 is 1.19 bits per heavy atom. The summed E-state index contributed by atoms with van der Waals surface area (Å²) >= 11 is 1.74. The molecule has 8 heteroatoms. The molecule has 6 nitrogen and oxygen atoms in total. The topological polar surface area (TPSA) is 58.4 Å². The van der Waals surface area contributed by atoms with Crippen molar-refractivity contribution in [1.82, 2.24) is 19.4 Å². The Labute approximate surface area is 159 Å². The Morgan fingerprint density at radius 3 is 2.74 bits per heavy atom. The predicted molar refractivity (Wildman–Crippen MR) is 102 cm³/mol. The summed E-state index contributed by atoms with van der Waals surface area (Å²) in [6.45, 7) is 3.77. The van der Waals surface area contributed by atoms with Crippen LogP contribution in [0.25, 0.3) is 10.9 Å². The number of thiophene rings is 1. The molecule has 0 N–H and O–H groups in total. The summed E-state index contributed by atoms with van der Waals surface area (Å²) in [4.78, 5) is 34.6. The molecule has 1 aromatic carbocycles. The maximum absolute atomic E-state index is 13.3. The van der Waals surface area contributed by atoms with Crippen molar-refractivity contribution in [2.75, 3.05) is 26.2 Å². The third-order valence-corrected chi connectivity index (χ3v) is 5.64. The first-order valence-electron chi connectivity index (χ1n) is 8.77. The van der Waals surface area contributed by atoms with Crippen molar-refractivity contribution in [3.8, 4) is 0 Å². The van der Waals surface area contributed by atoms with Crippen LogP contribution < -0.4 is 5.56 Å². The molecule has 0 radical (unpaired) electrons. The lowest BCUT2D eigenvalue weighted by molar-refractivity contribution is -0.133. The monoisotopic (exact) mass is 386 g/mol. The van der Waals surface area contributed by atoms with Crippen molar-refractivity contribution >= 4 is 28.1 Å². The number of hydrogen-bond acceptors (Lipinski definition) is 5. The SMILES string of the molecule is O=C(Cn1cnc2cc(F)ccc2c1=O)N1CCN(Cc2cccs2)CC1. The van der Waals surface area contributed by atoms with E-state index in [0.717, 1.165) is 19.6 Å². The number of amides is 1. The molecule has 1 fully saturated rings. The zero-order valence-electron chi connectivity index (χ0n) is 14.7. The third-order valence-electron chi connectivity index (χ3n) is 4.78. The van der Waals surface area contributed by atoms with Crippen LogP contribution in [0.15, 0.2) is 46.8 Å². The van der Waals surface area contributed by atoms with Gasteiger partial charge >= 0.3 is 0 Å². The van der Waals surface area contributed by atoms with Crippen LogP contribution in [0.2, 0.25) is 0 Å². The summed E-state index contributed by atoms with van der Waals surface area (Å²) in [5.74, 6) is -0.542. The van der Waals surface area contributed by atoms with Gasteiger partial charge in [-0.05, 0) is 23.6 Å². The number of carbonyl (C=O) groups excluding carboxylic acids is 1. The number of benzene rings is 1. The minimum Gasteiger partial charge on any atom is -0.339 e. The van der Waals surface area contributed by atoms with Gasteiger partial charge in [0.05, 0.1) is 17.2 Å². The van der Waals surface area contributed by atoms with Crippen molar-refractivity contribution in [3.05, 3.63) is 63.1 Å². The van der Waals surface area contributed by atoms with Gasteiger partial charge in [0.15, 0.2) is 0 Å². The quantitative estimate of drug-likeness (QED) is 0.688. The van der Waals surface area contributed by atoms with E-state index in [0.29, 0.717) is 24.0 Å². The maximum Gasteiger partial charge on any atom is 0.261 e. The normalized spacial score (nSPS) is 15.4. The number of carbonyl (C=O) groups is 1. The second-order valence-electron chi connectivity index (χ2n) is 6.58. The van der Waals surface area contributed by atoms with Crippen LogP contribution in [-0.2, 0) is 17.9 Å². The highest BCUT2D eigenvalue weighted by molar-refractivity contribution is 7.09. The van der Waals surface area contributed by atoms with Crippen LogP contribution in [0.4, 0.5) is 4.39 Å². The van der Waals surface area contributed by atoms with Crippen molar-refractivity contribution in [2.45, 2.75) is 13.1 Å². The minimum absolute atomic E-state index is 0.0515. The zero-order chi connectivity index (χ0) is 18.8. The van der Waals surface area contributed by atoms with Gasteiger partial charge < -0.3 is 4.90 Å². The molecule has 1 amide bonds. The van der Waals surface area contributed by atoms with Crippen LogP contribution in [-0.4, -0.2) is 51.4 Å². The Bertz CT molecular complexity index is 1010. The standard InChI is InChI=1S/C19H19FN4O2S/c20-14-3-4-16-17(10-14)21-13-24(19(16)26)12-18(25)23-7-5-22(6-8-23)11-15-2-1-9-27-15/h1-4,9-10,13H,5-8,11-12H2. The summed E-state index contributed by atoms with van der Waals surface area (Å²) in [6.07, 6.45) is 1.31. The Morgan fingerprint density at radius 2 is 2.00 bits per heavy atom. The second kappa shape index (κ2) is 7.58. The smallest absolute Gasteiger partial charge is 0.261 e. The first-order valence-corrected chi connectivity index (χ1v) is 9.65. The van der Waals surface area contributed by atoms with Gasteiger partial charge in [0.2, 0.25) is 5.91 Å². The molecule has 0 unspecified atom stereocenters. The Balaban J connectivity index is 1.40. The molecule has 2 aromatic heterocycles. The van der Waals surface area contributed by atoms with Crippen LogP contribution in [0.3, 0.4) is 0 Å². The molecule has 1 aliphatic rings. The molecule has 3 aromatic rings. The number of aromatic nitrogens is 2. The van der Waals surface area contributed by atoms with E-state index in [4.69, 9.17) is 0 Å². The predicted octanol–water partition coefficient (Wildman–Crippen LogP) is 1.94. The summed E-state index contributed by atoms with van der Waals surface area (Å²) < 4.78 is 14.6. The van der Waals surface area contributed by atoms with Crippen LogP contribution in [0.1, 0.15) is 4.88 Å². The molecule has 1 saturated heterocycles. The van der Waals surface area contributed by atoms with Crippen molar-refractivity contribution in [2.24, 2.45) is 0 Å². The number of rotatable bonds is 4. The molecule has 1 aliphatic heterocycles. The van der Waals surface area contributed by atoms with E-state index < -0.39 is 5.82 Å². The van der Waals surface area contributed by atoms with Crippen LogP contribution >= 0.6 is 11.3 Å². The Kier molecular flexibility index (Phi) is 5.00. The minimum atomic E-state index is -0.441. The van der Waals surface area contributed by atoms with E-state index in [9.17, 15) is 14.0 Å². The fraction of sp³-hybridized carbons (Fsp3) is 0.316. The largest absolute Gasteiger partial charge is 0.339 e. The molecular formula is C19H19FN4O2S. The maximum atomic E-state index is 13.3. The molecule has 4 rings (SSSR count). The van der Waals surface area contributed by atoms with Crippen LogP contribution in [0, 0.1) is 5.82 Å². The van der Waals surface area contributed by atoms with Gasteiger partial charge in [-0.2, -0.15) is 0 Å². The van der Waals surface area contributed by atoms with Crippen LogP contribution in [0.5, 0.6) is 0 Å². The highest BCUT2D eigenvalue weighted by Crippen LogP contribution is 2.14. The van der Waals surface area contributed by atoms with E-state index >= 15 is 0 Å². The second-order valence-corrected chi connectivity index (χ2v) is 7.61. The average molecular weight is 386 g/mol. The van der Waals surface area contributed by atoms with Gasteiger partial charge in [-0.1, -0.05) is 6.07 Å². The molecule has 0 atom stereocenters. The fourth-order valence-corrected chi connectivity index (χ4v) is 4.01. The lowest BCUT2D eigenvalue weighted by Gasteiger charge is -2.34. The summed E-state index contributed by atoms with van der Waals surface area (Å²) in [6, 6.07) is 8.02. The average Bonchev–Trinajstić information content (AvgIpc) is 3.17. The van der Waals surface area contributed by atoms with E-state index in [1.165, 1.54) is 34.0 Å². The number of hydrogen-bond donors (Lipinski definition) is 0. The van der Waals surface area contributed by atoms with Gasteiger partial charge in [0, 0.05) is 43.7 Å². The molecule has 140 valence electrons. The van der Waals surface area contributed by atoms with Crippen molar-refractivity contribution in [1.29, 1.82) is 0 Å². The van der Waals surface area contributed by atoms with Crippen molar-refractivity contribution in [3.63, 3.8) is 0 Å². The number of piperazine rings is 1. The number of fused-ring (bicyclic) bond motifs is 1. The number of halogens is 1. The molecule has 27 heavy (non-hydrogen) atoms. The van der Waals surface area contributed by atoms with Gasteiger partial charge in [-0.25, -0.2) is 9.37 Å². The Hall–Kier alpha value is -2.58. The molecular weight excluding hydrogens is 367 g/mol. The lowest BCUT2D eigenvalue weighted by atomic mass is 10.2. The first-order chi connectivity index (χ1) is 13.1. The summed E-state index contributed by atoms with van der Waals surface area (Å²) in [7, 11) is 0. The van der Waals surface area contributed by atoms with Gasteiger partial charge in [-0.15, -0.1) is 11.3 Å². The van der Waals surface area contributed by atoms with Gasteiger partial charge in [-0.3, -0.25) is 19.1 Å². The molecule has 0 saturated carbocycles. The number of nitrogens with zero attached hydrogens (tertiary/aromatic N) is 4. The fourth-order valence-electron chi connectivity index (χ4n) is 3.27. The highest BCUT2D eigenvalue weighted by atomic mass is 32.1. The van der Waals surface area contributed by atoms with E-state index in [1.54, 1.807) is 16.2 Å². The zero-order valence-corrected chi connectivity index (χ0v) is 15.5.